The lowest BCUT2D eigenvalue weighted by Crippen LogP contribution is -2.41. The van der Waals surface area contributed by atoms with Gasteiger partial charge in [-0.05, 0) is 36.1 Å². The second-order valence-corrected chi connectivity index (χ2v) is 11.8. The minimum atomic E-state index is -4.57. The smallest absolute Gasteiger partial charge is 0.406 e. The van der Waals surface area contributed by atoms with Crippen LogP contribution in [-0.4, -0.2) is 65.5 Å². The fraction of sp³-hybridized carbons (Fsp3) is 0.656. The molecule has 0 saturated heterocycles. The number of esters is 1. The molecule has 0 saturated carbocycles. The number of aromatic nitrogens is 2. The first kappa shape index (κ1) is 33.5. The van der Waals surface area contributed by atoms with Crippen LogP contribution < -0.4 is 15.5 Å². The van der Waals surface area contributed by atoms with Gasteiger partial charge in [0.25, 0.3) is 0 Å². The average molecular weight is 622 g/mol. The fourth-order valence-electron chi connectivity index (χ4n) is 5.72. The Hall–Kier alpha value is -3.44. The molecule has 1 aromatic heterocycles. The standard InChI is InChI=1S/C32H46F3N5O4/c1-2-3-4-5-6-7-8-9-10-16-44-29(41)20-25-18-24-11-12-28(19-26(24)21-39(30(25)42)23-32(33,34)35)43-17-13-27-22-40-31(38-27)36-14-15-37-40/h11-12,19,22,25,37H,2-10,13-18,20-21,23H2,1H3,(H,36,38). The van der Waals surface area contributed by atoms with Gasteiger partial charge in [-0.15, -0.1) is 0 Å². The molecule has 2 N–H and O–H groups in total. The highest BCUT2D eigenvalue weighted by Crippen LogP contribution is 2.30. The molecule has 1 atom stereocenters. The van der Waals surface area contributed by atoms with Crippen molar-refractivity contribution in [1.29, 1.82) is 0 Å². The number of hydrogen-bond acceptors (Lipinski definition) is 7. The Kier molecular flexibility index (Phi) is 12.6. The molecule has 2 aromatic rings. The van der Waals surface area contributed by atoms with Gasteiger partial charge in [0.15, 0.2) is 0 Å². The summed E-state index contributed by atoms with van der Waals surface area (Å²) < 4.78 is 53.5. The second kappa shape index (κ2) is 16.6. The first-order chi connectivity index (χ1) is 21.2. The second-order valence-electron chi connectivity index (χ2n) is 11.8. The molecule has 1 aromatic carbocycles. The number of fused-ring (bicyclic) bond motifs is 2. The molecule has 1 unspecified atom stereocenters. The van der Waals surface area contributed by atoms with Crippen molar-refractivity contribution in [3.63, 3.8) is 0 Å². The quantitative estimate of drug-likeness (QED) is 0.165. The van der Waals surface area contributed by atoms with Crippen LogP contribution in [0, 0.1) is 5.92 Å². The molecular weight excluding hydrogens is 575 g/mol. The molecule has 0 fully saturated rings. The number of benzene rings is 1. The number of nitrogens with one attached hydrogen (secondary N) is 2. The maximum absolute atomic E-state index is 13.4. The van der Waals surface area contributed by atoms with Crippen molar-refractivity contribution in [3.8, 4) is 5.75 Å². The van der Waals surface area contributed by atoms with Gasteiger partial charge >= 0.3 is 12.1 Å². The summed E-state index contributed by atoms with van der Waals surface area (Å²) in [5, 5.41) is 3.20. The maximum atomic E-state index is 13.4. The molecule has 3 heterocycles. The van der Waals surface area contributed by atoms with E-state index in [0.29, 0.717) is 24.3 Å². The van der Waals surface area contributed by atoms with Gasteiger partial charge in [-0.2, -0.15) is 13.2 Å². The van der Waals surface area contributed by atoms with Crippen LogP contribution >= 0.6 is 0 Å². The van der Waals surface area contributed by atoms with Gasteiger partial charge in [0.1, 0.15) is 12.3 Å². The molecule has 9 nitrogen and oxygen atoms in total. The topological polar surface area (TPSA) is 97.7 Å². The fourth-order valence-corrected chi connectivity index (χ4v) is 5.72. The normalized spacial score (nSPS) is 16.4. The summed E-state index contributed by atoms with van der Waals surface area (Å²) in [5.41, 5.74) is 5.35. The maximum Gasteiger partial charge on any atom is 0.406 e. The Morgan fingerprint density at radius 3 is 2.50 bits per heavy atom. The number of carbonyl (C=O) groups excluding carboxylic acids is 2. The summed E-state index contributed by atoms with van der Waals surface area (Å²) in [6.07, 6.45) is 7.98. The van der Waals surface area contributed by atoms with Crippen molar-refractivity contribution in [2.75, 3.05) is 43.6 Å². The number of imidazole rings is 1. The minimum Gasteiger partial charge on any atom is -0.493 e. The van der Waals surface area contributed by atoms with Gasteiger partial charge in [0.05, 0.1) is 37.4 Å². The van der Waals surface area contributed by atoms with E-state index in [1.54, 1.807) is 18.2 Å². The molecule has 0 bridgehead atoms. The minimum absolute atomic E-state index is 0.163. The number of halogens is 3. The van der Waals surface area contributed by atoms with Crippen LogP contribution in [-0.2, 0) is 33.7 Å². The van der Waals surface area contributed by atoms with Crippen LogP contribution in [0.5, 0.6) is 5.75 Å². The summed E-state index contributed by atoms with van der Waals surface area (Å²) in [5.74, 6) is -0.915. The molecule has 2 aliphatic rings. The van der Waals surface area contributed by atoms with Crippen LogP contribution in [0.4, 0.5) is 19.1 Å². The molecule has 1 amide bonds. The lowest BCUT2D eigenvalue weighted by atomic mass is 9.94. The van der Waals surface area contributed by atoms with E-state index in [1.807, 2.05) is 10.9 Å². The number of alkyl halides is 3. The molecule has 12 heteroatoms. The Morgan fingerprint density at radius 2 is 1.77 bits per heavy atom. The largest absolute Gasteiger partial charge is 0.493 e. The summed E-state index contributed by atoms with van der Waals surface area (Å²) in [4.78, 5) is 31.2. The van der Waals surface area contributed by atoms with Gasteiger partial charge in [0.2, 0.25) is 11.9 Å². The molecule has 4 rings (SSSR count). The predicted molar refractivity (Wildman–Crippen MR) is 162 cm³/mol. The monoisotopic (exact) mass is 621 g/mol. The van der Waals surface area contributed by atoms with E-state index in [0.717, 1.165) is 60.9 Å². The molecule has 2 aliphatic heterocycles. The highest BCUT2D eigenvalue weighted by molar-refractivity contribution is 5.84. The van der Waals surface area contributed by atoms with Gasteiger partial charge < -0.3 is 25.1 Å². The van der Waals surface area contributed by atoms with Crippen LogP contribution in [0.2, 0.25) is 0 Å². The summed E-state index contributed by atoms with van der Waals surface area (Å²) in [6.45, 7) is 2.78. The number of hydrogen-bond donors (Lipinski definition) is 2. The number of carbonyl (C=O) groups is 2. The third-order valence-corrected chi connectivity index (χ3v) is 8.03. The van der Waals surface area contributed by atoms with Gasteiger partial charge in [0, 0.05) is 26.1 Å². The number of nitrogens with zero attached hydrogens (tertiary/aromatic N) is 3. The lowest BCUT2D eigenvalue weighted by Gasteiger charge is -2.25. The average Bonchev–Trinajstić information content (AvgIpc) is 3.35. The van der Waals surface area contributed by atoms with Crippen molar-refractivity contribution < 1.29 is 32.2 Å². The summed E-state index contributed by atoms with van der Waals surface area (Å²) >= 11 is 0. The van der Waals surface area contributed by atoms with E-state index in [4.69, 9.17) is 9.47 Å². The van der Waals surface area contributed by atoms with Gasteiger partial charge in [-0.25, -0.2) is 9.66 Å². The third-order valence-electron chi connectivity index (χ3n) is 8.03. The van der Waals surface area contributed by atoms with Crippen LogP contribution in [0.15, 0.2) is 24.4 Å². The van der Waals surface area contributed by atoms with Crippen molar-refractivity contribution in [1.82, 2.24) is 14.6 Å². The molecule has 44 heavy (non-hydrogen) atoms. The third kappa shape index (κ3) is 10.6. The lowest BCUT2D eigenvalue weighted by molar-refractivity contribution is -0.165. The highest BCUT2D eigenvalue weighted by atomic mass is 19.4. The van der Waals surface area contributed by atoms with E-state index >= 15 is 0 Å². The number of anilines is 1. The Morgan fingerprint density at radius 1 is 1.02 bits per heavy atom. The van der Waals surface area contributed by atoms with Crippen molar-refractivity contribution in [2.45, 2.75) is 96.7 Å². The summed E-state index contributed by atoms with van der Waals surface area (Å²) in [7, 11) is 0. The van der Waals surface area contributed by atoms with E-state index in [1.165, 1.54) is 32.1 Å². The number of unbranched alkanes of at least 4 members (excludes halogenated alkanes) is 8. The molecule has 0 spiro atoms. The van der Waals surface area contributed by atoms with E-state index < -0.39 is 30.5 Å². The Labute approximate surface area is 257 Å². The Bertz CT molecular complexity index is 1200. The first-order valence-corrected chi connectivity index (χ1v) is 16.0. The highest BCUT2D eigenvalue weighted by Gasteiger charge is 2.38. The van der Waals surface area contributed by atoms with E-state index in [-0.39, 0.29) is 26.0 Å². The van der Waals surface area contributed by atoms with Gasteiger partial charge in [-0.1, -0.05) is 64.4 Å². The molecule has 244 valence electrons. The molecular formula is C32H46F3N5O4. The predicted octanol–water partition coefficient (Wildman–Crippen LogP) is 6.00. The zero-order chi connectivity index (χ0) is 31.4. The summed E-state index contributed by atoms with van der Waals surface area (Å²) in [6, 6.07) is 5.22. The zero-order valence-electron chi connectivity index (χ0n) is 25.7. The van der Waals surface area contributed by atoms with Crippen molar-refractivity contribution in [2.24, 2.45) is 5.92 Å². The molecule has 0 aliphatic carbocycles. The number of ether oxygens (including phenoxy) is 2. The Balaban J connectivity index is 1.29. The van der Waals surface area contributed by atoms with Crippen LogP contribution in [0.1, 0.15) is 88.0 Å². The SMILES string of the molecule is CCCCCCCCCCCOC(=O)CC1Cc2ccc(OCCc3cn4c(n3)NCCN4)cc2CN(CC(F)(F)F)C1=O. The number of rotatable bonds is 17. The number of amides is 1. The van der Waals surface area contributed by atoms with E-state index in [9.17, 15) is 22.8 Å². The first-order valence-electron chi connectivity index (χ1n) is 16.0. The van der Waals surface area contributed by atoms with Crippen LogP contribution in [0.25, 0.3) is 0 Å². The van der Waals surface area contributed by atoms with E-state index in [2.05, 4.69) is 22.7 Å². The van der Waals surface area contributed by atoms with Crippen LogP contribution in [0.3, 0.4) is 0 Å². The van der Waals surface area contributed by atoms with Crippen molar-refractivity contribution >= 4 is 17.8 Å². The molecule has 0 radical (unpaired) electrons. The van der Waals surface area contributed by atoms with Gasteiger partial charge in [-0.3, -0.25) is 9.59 Å². The van der Waals surface area contributed by atoms with Crippen molar-refractivity contribution in [3.05, 3.63) is 41.2 Å². The zero-order valence-corrected chi connectivity index (χ0v) is 25.7.